The van der Waals surface area contributed by atoms with Crippen LogP contribution in [-0.2, 0) is 18.3 Å². The molecule has 3 aliphatic carbocycles. The number of fused-ring (bicyclic) bond motifs is 4. The minimum Gasteiger partial charge on any atom is -0.398 e. The van der Waals surface area contributed by atoms with Crippen LogP contribution in [0.25, 0.3) is 43.5 Å². The van der Waals surface area contributed by atoms with Gasteiger partial charge in [-0.1, -0.05) is 149 Å². The van der Waals surface area contributed by atoms with Crippen LogP contribution in [0.3, 0.4) is 0 Å². The molecule has 0 aliphatic heterocycles. The van der Waals surface area contributed by atoms with Crippen molar-refractivity contribution in [2.24, 2.45) is 0 Å². The average molecular weight is 827 g/mol. The second kappa shape index (κ2) is 15.0. The molecule has 8 aromatic carbocycles. The third-order valence-corrected chi connectivity index (χ3v) is 13.8. The minimum absolute atomic E-state index is 0.0257. The normalized spacial score (nSPS) is 15.8. The summed E-state index contributed by atoms with van der Waals surface area (Å²) in [5.41, 5.74) is 24.4. The first-order valence-electron chi connectivity index (χ1n) is 22.5. The maximum absolute atomic E-state index is 11.4. The number of nitrogens with two attached hydrogens (primary N) is 1. The van der Waals surface area contributed by atoms with Gasteiger partial charge < -0.3 is 15.5 Å². The van der Waals surface area contributed by atoms with Gasteiger partial charge in [0.05, 0.1) is 34.7 Å². The van der Waals surface area contributed by atoms with Crippen molar-refractivity contribution in [2.45, 2.75) is 58.4 Å². The van der Waals surface area contributed by atoms with Gasteiger partial charge in [0.2, 0.25) is 0 Å². The Morgan fingerprint density at radius 1 is 0.734 bits per heavy atom. The quantitative estimate of drug-likeness (QED) is 0.122. The molecule has 0 saturated carbocycles. The van der Waals surface area contributed by atoms with E-state index in [1.165, 1.54) is 49.4 Å². The summed E-state index contributed by atoms with van der Waals surface area (Å²) < 4.78 is 0. The number of anilines is 6. The standard InChI is InChI=1S/C60H50N4/c1-6-16-45-37(7-2)34-49-52(30-28-51(62)58(45)49)63(43-18-10-8-11-19-43)54-35-55(48-27-24-41-33-42(60(3,4)5)32-40-23-26-47(54)59(48)56(40)41)64(44-20-12-9-13-21-44)53-29-25-39-31-38-17-14-15-22-46(38)57(39)50(53)36-61/h6-28,30,32-33,35,53H,2,29,31,34,62H2,1,3-5H3/b16-6-. The molecule has 4 heteroatoms. The second-order valence-corrected chi connectivity index (χ2v) is 18.5. The van der Waals surface area contributed by atoms with Gasteiger partial charge in [0.15, 0.2) is 0 Å². The number of rotatable bonds is 8. The molecule has 4 nitrogen and oxygen atoms in total. The number of hydrogen-bond acceptors (Lipinski definition) is 4. The highest BCUT2D eigenvalue weighted by Gasteiger charge is 2.37. The van der Waals surface area contributed by atoms with Crippen molar-refractivity contribution in [1.82, 2.24) is 0 Å². The number of nitrogen functional groups attached to an aromatic ring is 1. The fraction of sp³-hybridized carbons (Fsp3) is 0.150. The van der Waals surface area contributed by atoms with Crippen LogP contribution in [0.1, 0.15) is 61.9 Å². The summed E-state index contributed by atoms with van der Waals surface area (Å²) in [6.45, 7) is 13.2. The first-order valence-corrected chi connectivity index (χ1v) is 22.5. The molecule has 0 aromatic heterocycles. The average Bonchev–Trinajstić information content (AvgIpc) is 3.89. The number of nitrogens with zero attached hydrogens (tertiary/aromatic N) is 3. The Bertz CT molecular complexity index is 3370. The van der Waals surface area contributed by atoms with Crippen LogP contribution in [0.15, 0.2) is 187 Å². The van der Waals surface area contributed by atoms with Gasteiger partial charge in [-0.15, -0.1) is 0 Å². The summed E-state index contributed by atoms with van der Waals surface area (Å²) in [7, 11) is 0. The van der Waals surface area contributed by atoms with E-state index in [1.54, 1.807) is 0 Å². The summed E-state index contributed by atoms with van der Waals surface area (Å²) in [4.78, 5) is 4.92. The molecule has 11 rings (SSSR count). The van der Waals surface area contributed by atoms with Crippen molar-refractivity contribution < 1.29 is 0 Å². The van der Waals surface area contributed by atoms with Crippen molar-refractivity contribution in [3.63, 3.8) is 0 Å². The van der Waals surface area contributed by atoms with E-state index in [2.05, 4.69) is 208 Å². The molecule has 0 amide bonds. The summed E-state index contributed by atoms with van der Waals surface area (Å²) in [6.07, 6.45) is 10.9. The lowest BCUT2D eigenvalue weighted by Crippen LogP contribution is -2.34. The zero-order chi connectivity index (χ0) is 43.9. The summed E-state index contributed by atoms with van der Waals surface area (Å²) in [5.74, 6) is 0. The van der Waals surface area contributed by atoms with Crippen LogP contribution < -0.4 is 15.5 Å². The zero-order valence-corrected chi connectivity index (χ0v) is 36.9. The fourth-order valence-corrected chi connectivity index (χ4v) is 10.9. The lowest BCUT2D eigenvalue weighted by Gasteiger charge is -2.38. The Balaban J connectivity index is 1.26. The van der Waals surface area contributed by atoms with Crippen LogP contribution >= 0.6 is 0 Å². The third kappa shape index (κ3) is 6.03. The highest BCUT2D eigenvalue weighted by molar-refractivity contribution is 6.29. The van der Waals surface area contributed by atoms with Crippen LogP contribution in [0, 0.1) is 11.3 Å². The smallest absolute Gasteiger partial charge is 0.0976 e. The van der Waals surface area contributed by atoms with Crippen molar-refractivity contribution in [3.8, 4) is 6.07 Å². The SMILES string of the molecule is C=CC1=C(/C=C\C)c2c(N)ccc(N(c3ccccc3)c3cc(N(c4ccccc4)C4CC=C5Cc6ccccc6C5=C4C#N)c4ccc5cc(C(C)(C)C)cc6ccc3c4c65)c2C1. The lowest BCUT2D eigenvalue weighted by atomic mass is 9.82. The Morgan fingerprint density at radius 3 is 2.08 bits per heavy atom. The van der Waals surface area contributed by atoms with E-state index in [-0.39, 0.29) is 11.5 Å². The predicted molar refractivity (Wildman–Crippen MR) is 271 cm³/mol. The van der Waals surface area contributed by atoms with Gasteiger partial charge in [-0.3, -0.25) is 0 Å². The largest absolute Gasteiger partial charge is 0.398 e. The van der Waals surface area contributed by atoms with Gasteiger partial charge in [-0.05, 0) is 123 Å². The number of para-hydroxylation sites is 2. The van der Waals surface area contributed by atoms with Gasteiger partial charge in [-0.2, -0.15) is 5.26 Å². The minimum atomic E-state index is -0.259. The maximum atomic E-state index is 11.4. The number of benzene rings is 8. The van der Waals surface area contributed by atoms with Gasteiger partial charge in [0, 0.05) is 50.8 Å². The molecule has 2 N–H and O–H groups in total. The topological polar surface area (TPSA) is 56.3 Å². The van der Waals surface area contributed by atoms with E-state index in [0.29, 0.717) is 12.8 Å². The fourth-order valence-electron chi connectivity index (χ4n) is 10.9. The van der Waals surface area contributed by atoms with Crippen LogP contribution in [0.2, 0.25) is 0 Å². The molecular formula is C60H50N4. The lowest BCUT2D eigenvalue weighted by molar-refractivity contribution is 0.591. The van der Waals surface area contributed by atoms with E-state index < -0.39 is 0 Å². The Morgan fingerprint density at radius 2 is 1.41 bits per heavy atom. The molecule has 64 heavy (non-hydrogen) atoms. The molecule has 310 valence electrons. The van der Waals surface area contributed by atoms with Crippen LogP contribution in [-0.4, -0.2) is 6.04 Å². The molecule has 0 fully saturated rings. The summed E-state index contributed by atoms with van der Waals surface area (Å²) in [5, 5.41) is 18.6. The molecule has 0 heterocycles. The van der Waals surface area contributed by atoms with Gasteiger partial charge in [0.1, 0.15) is 0 Å². The van der Waals surface area contributed by atoms with E-state index in [9.17, 15) is 5.26 Å². The molecule has 1 unspecified atom stereocenters. The number of hydrogen-bond donors (Lipinski definition) is 1. The van der Waals surface area contributed by atoms with Crippen molar-refractivity contribution in [3.05, 3.63) is 215 Å². The first kappa shape index (κ1) is 39.3. The highest BCUT2D eigenvalue weighted by Crippen LogP contribution is 2.54. The number of nitriles is 1. The molecule has 0 bridgehead atoms. The second-order valence-electron chi connectivity index (χ2n) is 18.5. The Labute approximate surface area is 376 Å². The van der Waals surface area contributed by atoms with E-state index in [0.717, 1.165) is 79.2 Å². The molecule has 3 aliphatic rings. The first-order chi connectivity index (χ1) is 31.2. The van der Waals surface area contributed by atoms with Crippen molar-refractivity contribution in [1.29, 1.82) is 5.26 Å². The van der Waals surface area contributed by atoms with Crippen molar-refractivity contribution >= 4 is 77.6 Å². The molecule has 8 aromatic rings. The molecule has 0 spiro atoms. The summed E-state index contributed by atoms with van der Waals surface area (Å²) in [6, 6.07) is 53.3. The van der Waals surface area contributed by atoms with E-state index >= 15 is 0 Å². The van der Waals surface area contributed by atoms with Gasteiger partial charge >= 0.3 is 0 Å². The maximum Gasteiger partial charge on any atom is 0.0976 e. The molecule has 1 atom stereocenters. The zero-order valence-electron chi connectivity index (χ0n) is 36.9. The van der Waals surface area contributed by atoms with Crippen molar-refractivity contribution in [2.75, 3.05) is 15.5 Å². The third-order valence-electron chi connectivity index (χ3n) is 13.8. The monoisotopic (exact) mass is 826 g/mol. The van der Waals surface area contributed by atoms with Crippen LogP contribution in [0.5, 0.6) is 0 Å². The molecule has 0 radical (unpaired) electrons. The van der Waals surface area contributed by atoms with E-state index in [1.807, 2.05) is 6.08 Å². The highest BCUT2D eigenvalue weighted by atomic mass is 15.2. The Kier molecular flexibility index (Phi) is 9.22. The molecule has 0 saturated heterocycles. The predicted octanol–water partition coefficient (Wildman–Crippen LogP) is 15.4. The Hall–Kier alpha value is -7.61. The molecular weight excluding hydrogens is 777 g/mol. The van der Waals surface area contributed by atoms with Gasteiger partial charge in [-0.25, -0.2) is 0 Å². The van der Waals surface area contributed by atoms with Gasteiger partial charge in [0.25, 0.3) is 0 Å². The van der Waals surface area contributed by atoms with Crippen LogP contribution in [0.4, 0.5) is 34.1 Å². The van der Waals surface area contributed by atoms with E-state index in [4.69, 9.17) is 5.73 Å². The number of allylic oxidation sites excluding steroid dienone is 7. The summed E-state index contributed by atoms with van der Waals surface area (Å²) >= 11 is 0.